The van der Waals surface area contributed by atoms with E-state index in [4.69, 9.17) is 0 Å². The van der Waals surface area contributed by atoms with Gasteiger partial charge in [-0.25, -0.2) is 4.98 Å². The van der Waals surface area contributed by atoms with Crippen molar-refractivity contribution in [2.45, 2.75) is 25.3 Å². The Bertz CT molecular complexity index is 684. The topological polar surface area (TPSA) is 62.2 Å². The summed E-state index contributed by atoms with van der Waals surface area (Å²) in [6.45, 7) is 0.175. The number of rotatable bonds is 4. The summed E-state index contributed by atoms with van der Waals surface area (Å²) in [7, 11) is 0. The molecule has 120 valence electrons. The van der Waals surface area contributed by atoms with E-state index in [9.17, 15) is 9.90 Å². The minimum Gasteiger partial charge on any atom is -0.396 e. The maximum absolute atomic E-state index is 12.5. The molecule has 4 atom stereocenters. The average Bonchev–Trinajstić information content (AvgIpc) is 3.32. The number of carbonyl (C=O) groups excluding carboxylic acids is 1. The minimum atomic E-state index is -0.0363. The van der Waals surface area contributed by atoms with Crippen LogP contribution in [0.25, 0.3) is 11.3 Å². The van der Waals surface area contributed by atoms with Crippen molar-refractivity contribution in [2.75, 3.05) is 6.61 Å². The van der Waals surface area contributed by atoms with Crippen LogP contribution >= 0.6 is 11.3 Å². The van der Waals surface area contributed by atoms with Gasteiger partial charge in [-0.05, 0) is 43.2 Å². The monoisotopic (exact) mass is 328 g/mol. The number of benzene rings is 1. The molecule has 2 saturated carbocycles. The van der Waals surface area contributed by atoms with Crippen molar-refractivity contribution >= 4 is 17.2 Å². The Morgan fingerprint density at radius 3 is 2.74 bits per heavy atom. The molecule has 2 aliphatic carbocycles. The maximum atomic E-state index is 12.5. The van der Waals surface area contributed by atoms with Gasteiger partial charge in [0.25, 0.3) is 5.91 Å². The molecular weight excluding hydrogens is 308 g/mol. The lowest BCUT2D eigenvalue weighted by Gasteiger charge is -2.30. The number of thiazole rings is 1. The first-order valence-electron chi connectivity index (χ1n) is 8.16. The van der Waals surface area contributed by atoms with Gasteiger partial charge in [0.1, 0.15) is 0 Å². The zero-order valence-electron chi connectivity index (χ0n) is 12.8. The Hall–Kier alpha value is -1.72. The number of amides is 1. The normalized spacial score (nSPS) is 28.9. The molecule has 0 radical (unpaired) electrons. The lowest BCUT2D eigenvalue weighted by molar-refractivity contribution is 0.0861. The van der Waals surface area contributed by atoms with E-state index < -0.39 is 0 Å². The molecule has 4 nitrogen and oxygen atoms in total. The largest absolute Gasteiger partial charge is 0.396 e. The zero-order valence-corrected chi connectivity index (χ0v) is 13.6. The van der Waals surface area contributed by atoms with E-state index in [1.165, 1.54) is 12.8 Å². The number of nitrogens with one attached hydrogen (secondary N) is 1. The van der Waals surface area contributed by atoms with Crippen molar-refractivity contribution in [2.24, 2.45) is 17.8 Å². The van der Waals surface area contributed by atoms with Crippen LogP contribution in [0.15, 0.2) is 35.2 Å². The van der Waals surface area contributed by atoms with Crippen molar-refractivity contribution in [3.63, 3.8) is 0 Å². The second kappa shape index (κ2) is 6.06. The third-order valence-electron chi connectivity index (χ3n) is 5.47. The smallest absolute Gasteiger partial charge is 0.251 e. The highest BCUT2D eigenvalue weighted by Gasteiger charge is 2.47. The number of nitrogens with zero attached hydrogens (tertiary/aromatic N) is 1. The lowest BCUT2D eigenvalue weighted by Crippen LogP contribution is -2.45. The van der Waals surface area contributed by atoms with E-state index in [2.05, 4.69) is 10.3 Å². The van der Waals surface area contributed by atoms with Crippen LogP contribution in [0.3, 0.4) is 0 Å². The first kappa shape index (κ1) is 14.8. The Morgan fingerprint density at radius 1 is 1.26 bits per heavy atom. The third kappa shape index (κ3) is 2.68. The zero-order chi connectivity index (χ0) is 15.8. The molecule has 4 rings (SSSR count). The third-order valence-corrected chi connectivity index (χ3v) is 6.06. The number of hydrogen-bond acceptors (Lipinski definition) is 4. The maximum Gasteiger partial charge on any atom is 0.251 e. The summed E-state index contributed by atoms with van der Waals surface area (Å²) >= 11 is 1.56. The number of hydrogen-bond donors (Lipinski definition) is 2. The number of aliphatic hydroxyl groups is 1. The summed E-state index contributed by atoms with van der Waals surface area (Å²) in [5, 5.41) is 14.8. The Labute approximate surface area is 139 Å². The molecule has 1 amide bonds. The van der Waals surface area contributed by atoms with E-state index in [-0.39, 0.29) is 24.5 Å². The van der Waals surface area contributed by atoms with Crippen LogP contribution in [0.4, 0.5) is 0 Å². The highest BCUT2D eigenvalue weighted by molar-refractivity contribution is 7.07. The molecule has 0 spiro atoms. The van der Waals surface area contributed by atoms with Gasteiger partial charge in [0, 0.05) is 35.1 Å². The van der Waals surface area contributed by atoms with Crippen LogP contribution in [0.2, 0.25) is 0 Å². The second-order valence-electron chi connectivity index (χ2n) is 6.63. The van der Waals surface area contributed by atoms with Gasteiger partial charge in [-0.1, -0.05) is 12.1 Å². The quantitative estimate of drug-likeness (QED) is 0.907. The highest BCUT2D eigenvalue weighted by Crippen LogP contribution is 2.48. The summed E-state index contributed by atoms with van der Waals surface area (Å²) in [6.07, 6.45) is 3.53. The molecule has 2 bridgehead atoms. The standard InChI is InChI=1S/C18H20N2O2S/c21-8-15-13-5-6-14(7-13)17(15)20-18(22)12-3-1-11(2-4-12)16-9-23-10-19-16/h1-4,9-10,13-15,17,21H,5-8H2,(H,20,22). The van der Waals surface area contributed by atoms with Gasteiger partial charge >= 0.3 is 0 Å². The van der Waals surface area contributed by atoms with Gasteiger partial charge in [-0.15, -0.1) is 11.3 Å². The number of aromatic nitrogens is 1. The number of carbonyl (C=O) groups is 1. The van der Waals surface area contributed by atoms with E-state index >= 15 is 0 Å². The molecule has 2 fully saturated rings. The Morgan fingerprint density at radius 2 is 2.04 bits per heavy atom. The van der Waals surface area contributed by atoms with Crippen LogP contribution in [0.5, 0.6) is 0 Å². The molecule has 2 N–H and O–H groups in total. The fraction of sp³-hybridized carbons (Fsp3) is 0.444. The van der Waals surface area contributed by atoms with Gasteiger partial charge in [-0.2, -0.15) is 0 Å². The fourth-order valence-corrected chi connectivity index (χ4v) is 4.84. The van der Waals surface area contributed by atoms with E-state index in [0.717, 1.165) is 17.7 Å². The van der Waals surface area contributed by atoms with Crippen molar-refractivity contribution in [3.05, 3.63) is 40.7 Å². The van der Waals surface area contributed by atoms with Gasteiger partial charge in [0.05, 0.1) is 11.2 Å². The SMILES string of the molecule is O=C(NC1C2CCC(C2)C1CO)c1ccc(-c2cscn2)cc1. The molecule has 1 aromatic heterocycles. The summed E-state index contributed by atoms with van der Waals surface area (Å²) in [4.78, 5) is 16.8. The van der Waals surface area contributed by atoms with E-state index in [1.54, 1.807) is 16.8 Å². The highest BCUT2D eigenvalue weighted by atomic mass is 32.1. The van der Waals surface area contributed by atoms with Crippen LogP contribution in [0.1, 0.15) is 29.6 Å². The lowest BCUT2D eigenvalue weighted by atomic mass is 9.85. The molecule has 1 aromatic carbocycles. The summed E-state index contributed by atoms with van der Waals surface area (Å²) in [5.74, 6) is 1.32. The van der Waals surface area contributed by atoms with Crippen molar-refractivity contribution in [1.29, 1.82) is 0 Å². The molecular formula is C18H20N2O2S. The first-order valence-corrected chi connectivity index (χ1v) is 9.11. The minimum absolute atomic E-state index is 0.0363. The van der Waals surface area contributed by atoms with Crippen LogP contribution in [-0.2, 0) is 0 Å². The molecule has 5 heteroatoms. The Kier molecular flexibility index (Phi) is 3.91. The van der Waals surface area contributed by atoms with Crippen molar-refractivity contribution in [3.8, 4) is 11.3 Å². The predicted octanol–water partition coefficient (Wildman–Crippen LogP) is 2.95. The van der Waals surface area contributed by atoms with Gasteiger partial charge in [0.2, 0.25) is 0 Å². The number of fused-ring (bicyclic) bond motifs is 2. The molecule has 2 aliphatic rings. The predicted molar refractivity (Wildman–Crippen MR) is 90.2 cm³/mol. The van der Waals surface area contributed by atoms with Gasteiger partial charge < -0.3 is 10.4 Å². The van der Waals surface area contributed by atoms with Crippen molar-refractivity contribution < 1.29 is 9.90 Å². The van der Waals surface area contributed by atoms with Crippen molar-refractivity contribution in [1.82, 2.24) is 10.3 Å². The van der Waals surface area contributed by atoms with E-state index in [0.29, 0.717) is 17.4 Å². The first-order chi connectivity index (χ1) is 11.3. The summed E-state index contributed by atoms with van der Waals surface area (Å²) < 4.78 is 0. The van der Waals surface area contributed by atoms with Gasteiger partial charge in [0.15, 0.2) is 0 Å². The molecule has 2 aromatic rings. The average molecular weight is 328 g/mol. The van der Waals surface area contributed by atoms with Crippen LogP contribution in [0, 0.1) is 17.8 Å². The Balaban J connectivity index is 1.47. The number of aliphatic hydroxyl groups excluding tert-OH is 1. The fourth-order valence-electron chi connectivity index (χ4n) is 4.28. The van der Waals surface area contributed by atoms with E-state index in [1.807, 2.05) is 29.6 Å². The summed E-state index contributed by atoms with van der Waals surface area (Å²) in [6, 6.07) is 7.71. The molecule has 0 saturated heterocycles. The molecule has 1 heterocycles. The molecule has 23 heavy (non-hydrogen) atoms. The van der Waals surface area contributed by atoms with Crippen LogP contribution < -0.4 is 5.32 Å². The molecule has 4 unspecified atom stereocenters. The molecule has 0 aliphatic heterocycles. The van der Waals surface area contributed by atoms with Crippen LogP contribution in [-0.4, -0.2) is 28.6 Å². The second-order valence-corrected chi connectivity index (χ2v) is 7.35. The van der Waals surface area contributed by atoms with Gasteiger partial charge in [-0.3, -0.25) is 4.79 Å². The summed E-state index contributed by atoms with van der Waals surface area (Å²) in [5.41, 5.74) is 4.44.